The SMILES string of the molecule is COc1ccc(CN(C)C(=O)C2(CN)CCC2)cc1. The molecule has 0 atom stereocenters. The molecular formula is C15H22N2O2. The lowest BCUT2D eigenvalue weighted by Crippen LogP contribution is -2.50. The van der Waals surface area contributed by atoms with Crippen LogP contribution in [0.5, 0.6) is 5.75 Å². The molecule has 0 aliphatic heterocycles. The van der Waals surface area contributed by atoms with Crippen LogP contribution in [0.4, 0.5) is 0 Å². The first-order valence-corrected chi connectivity index (χ1v) is 6.70. The summed E-state index contributed by atoms with van der Waals surface area (Å²) in [6.07, 6.45) is 2.96. The average molecular weight is 262 g/mol. The van der Waals surface area contributed by atoms with E-state index in [-0.39, 0.29) is 11.3 Å². The van der Waals surface area contributed by atoms with Crippen LogP contribution in [0, 0.1) is 5.41 Å². The molecule has 1 aromatic carbocycles. The lowest BCUT2D eigenvalue weighted by Gasteiger charge is -2.41. The van der Waals surface area contributed by atoms with Crippen molar-refractivity contribution in [2.75, 3.05) is 20.7 Å². The molecule has 2 rings (SSSR count). The Hall–Kier alpha value is -1.55. The van der Waals surface area contributed by atoms with Crippen LogP contribution in [-0.4, -0.2) is 31.5 Å². The maximum Gasteiger partial charge on any atom is 0.230 e. The number of nitrogens with two attached hydrogens (primary N) is 1. The van der Waals surface area contributed by atoms with Crippen LogP contribution in [0.1, 0.15) is 24.8 Å². The molecule has 0 aromatic heterocycles. The highest BCUT2D eigenvalue weighted by Gasteiger charge is 2.44. The molecule has 4 nitrogen and oxygen atoms in total. The van der Waals surface area contributed by atoms with Gasteiger partial charge in [0.1, 0.15) is 5.75 Å². The zero-order valence-electron chi connectivity index (χ0n) is 11.7. The molecular weight excluding hydrogens is 240 g/mol. The Morgan fingerprint density at radius 2 is 2.00 bits per heavy atom. The van der Waals surface area contributed by atoms with Gasteiger partial charge in [0.2, 0.25) is 5.91 Å². The predicted octanol–water partition coefficient (Wildman–Crippen LogP) is 1.78. The fraction of sp³-hybridized carbons (Fsp3) is 0.533. The van der Waals surface area contributed by atoms with E-state index < -0.39 is 0 Å². The second-order valence-corrected chi connectivity index (χ2v) is 5.35. The Labute approximate surface area is 114 Å². The van der Waals surface area contributed by atoms with Crippen molar-refractivity contribution in [1.82, 2.24) is 4.90 Å². The zero-order valence-corrected chi connectivity index (χ0v) is 11.7. The van der Waals surface area contributed by atoms with E-state index in [1.807, 2.05) is 31.3 Å². The third-order valence-electron chi connectivity index (χ3n) is 4.08. The maximum absolute atomic E-state index is 12.4. The normalized spacial score (nSPS) is 16.6. The van der Waals surface area contributed by atoms with E-state index in [4.69, 9.17) is 10.5 Å². The minimum absolute atomic E-state index is 0.178. The third kappa shape index (κ3) is 2.73. The Balaban J connectivity index is 1.99. The van der Waals surface area contributed by atoms with Gasteiger partial charge in [-0.25, -0.2) is 0 Å². The summed E-state index contributed by atoms with van der Waals surface area (Å²) in [5, 5.41) is 0. The van der Waals surface area contributed by atoms with E-state index in [1.165, 1.54) is 0 Å². The molecule has 4 heteroatoms. The standard InChI is InChI=1S/C15H22N2O2/c1-17(14(18)15(11-16)8-3-9-15)10-12-4-6-13(19-2)7-5-12/h4-7H,3,8-11,16H2,1-2H3. The van der Waals surface area contributed by atoms with E-state index in [0.717, 1.165) is 30.6 Å². The summed E-state index contributed by atoms with van der Waals surface area (Å²) in [6, 6.07) is 7.79. The van der Waals surface area contributed by atoms with Crippen molar-refractivity contribution < 1.29 is 9.53 Å². The minimum Gasteiger partial charge on any atom is -0.497 e. The van der Waals surface area contributed by atoms with Gasteiger partial charge >= 0.3 is 0 Å². The highest BCUT2D eigenvalue weighted by atomic mass is 16.5. The molecule has 1 fully saturated rings. The highest BCUT2D eigenvalue weighted by Crippen LogP contribution is 2.41. The lowest BCUT2D eigenvalue weighted by molar-refractivity contribution is -0.145. The van der Waals surface area contributed by atoms with Gasteiger partial charge in [-0.1, -0.05) is 18.6 Å². The maximum atomic E-state index is 12.4. The average Bonchev–Trinajstić information content (AvgIpc) is 2.39. The number of amides is 1. The summed E-state index contributed by atoms with van der Waals surface area (Å²) in [5.74, 6) is 1.01. The molecule has 19 heavy (non-hydrogen) atoms. The van der Waals surface area contributed by atoms with E-state index in [9.17, 15) is 4.79 Å². The van der Waals surface area contributed by atoms with Crippen LogP contribution in [0.2, 0.25) is 0 Å². The number of rotatable bonds is 5. The largest absolute Gasteiger partial charge is 0.497 e. The van der Waals surface area contributed by atoms with Crippen LogP contribution in [-0.2, 0) is 11.3 Å². The van der Waals surface area contributed by atoms with Gasteiger partial charge in [0.15, 0.2) is 0 Å². The number of benzene rings is 1. The lowest BCUT2D eigenvalue weighted by atomic mass is 9.68. The van der Waals surface area contributed by atoms with Gasteiger partial charge in [0, 0.05) is 20.1 Å². The number of carbonyl (C=O) groups is 1. The Kier molecular flexibility index (Phi) is 4.10. The number of nitrogens with zero attached hydrogens (tertiary/aromatic N) is 1. The minimum atomic E-state index is -0.290. The smallest absolute Gasteiger partial charge is 0.230 e. The van der Waals surface area contributed by atoms with Gasteiger partial charge in [-0.2, -0.15) is 0 Å². The third-order valence-corrected chi connectivity index (χ3v) is 4.08. The molecule has 0 unspecified atom stereocenters. The van der Waals surface area contributed by atoms with Crippen LogP contribution in [0.25, 0.3) is 0 Å². The van der Waals surface area contributed by atoms with Crippen molar-refractivity contribution in [2.24, 2.45) is 11.1 Å². The molecule has 104 valence electrons. The fourth-order valence-corrected chi connectivity index (χ4v) is 2.59. The monoisotopic (exact) mass is 262 g/mol. The topological polar surface area (TPSA) is 55.6 Å². The molecule has 0 bridgehead atoms. The number of carbonyl (C=O) groups excluding carboxylic acids is 1. The molecule has 0 radical (unpaired) electrons. The van der Waals surface area contributed by atoms with Crippen LogP contribution < -0.4 is 10.5 Å². The first-order valence-electron chi connectivity index (χ1n) is 6.70. The Morgan fingerprint density at radius 3 is 2.42 bits per heavy atom. The number of methoxy groups -OCH3 is 1. The molecule has 2 N–H and O–H groups in total. The van der Waals surface area contributed by atoms with Gasteiger partial charge in [0.05, 0.1) is 12.5 Å². The summed E-state index contributed by atoms with van der Waals surface area (Å²) in [5.41, 5.74) is 6.58. The van der Waals surface area contributed by atoms with Gasteiger partial charge in [-0.15, -0.1) is 0 Å². The summed E-state index contributed by atoms with van der Waals surface area (Å²) in [7, 11) is 3.49. The second kappa shape index (κ2) is 5.61. The summed E-state index contributed by atoms with van der Waals surface area (Å²) < 4.78 is 5.12. The molecule has 1 aliphatic carbocycles. The quantitative estimate of drug-likeness (QED) is 0.880. The molecule has 0 saturated heterocycles. The van der Waals surface area contributed by atoms with E-state index in [2.05, 4.69) is 0 Å². The molecule has 1 saturated carbocycles. The molecule has 0 spiro atoms. The summed E-state index contributed by atoms with van der Waals surface area (Å²) in [6.45, 7) is 1.07. The van der Waals surface area contributed by atoms with Crippen LogP contribution >= 0.6 is 0 Å². The second-order valence-electron chi connectivity index (χ2n) is 5.35. The van der Waals surface area contributed by atoms with Crippen molar-refractivity contribution in [1.29, 1.82) is 0 Å². The summed E-state index contributed by atoms with van der Waals surface area (Å²) in [4.78, 5) is 14.2. The molecule has 1 amide bonds. The van der Waals surface area contributed by atoms with Gasteiger partial charge in [-0.3, -0.25) is 4.79 Å². The van der Waals surface area contributed by atoms with E-state index in [0.29, 0.717) is 13.1 Å². The predicted molar refractivity (Wildman–Crippen MR) is 74.8 cm³/mol. The van der Waals surface area contributed by atoms with Crippen LogP contribution in [0.3, 0.4) is 0 Å². The van der Waals surface area contributed by atoms with E-state index >= 15 is 0 Å². The molecule has 0 heterocycles. The van der Waals surface area contributed by atoms with Crippen molar-refractivity contribution in [3.05, 3.63) is 29.8 Å². The van der Waals surface area contributed by atoms with Gasteiger partial charge in [-0.05, 0) is 30.5 Å². The Morgan fingerprint density at radius 1 is 1.37 bits per heavy atom. The first kappa shape index (κ1) is 13.9. The van der Waals surface area contributed by atoms with Crippen molar-refractivity contribution in [3.8, 4) is 5.75 Å². The number of hydrogen-bond donors (Lipinski definition) is 1. The Bertz CT molecular complexity index is 432. The highest BCUT2D eigenvalue weighted by molar-refractivity contribution is 5.83. The summed E-state index contributed by atoms with van der Waals surface area (Å²) >= 11 is 0. The van der Waals surface area contributed by atoms with Gasteiger partial charge in [0.25, 0.3) is 0 Å². The first-order chi connectivity index (χ1) is 9.11. The zero-order chi connectivity index (χ0) is 13.9. The number of hydrogen-bond acceptors (Lipinski definition) is 3. The van der Waals surface area contributed by atoms with Crippen molar-refractivity contribution >= 4 is 5.91 Å². The van der Waals surface area contributed by atoms with E-state index in [1.54, 1.807) is 12.0 Å². The van der Waals surface area contributed by atoms with Crippen molar-refractivity contribution in [2.45, 2.75) is 25.8 Å². The molecule has 1 aromatic rings. The number of ether oxygens (including phenoxy) is 1. The van der Waals surface area contributed by atoms with Crippen molar-refractivity contribution in [3.63, 3.8) is 0 Å². The molecule has 1 aliphatic rings. The van der Waals surface area contributed by atoms with Gasteiger partial charge < -0.3 is 15.4 Å². The van der Waals surface area contributed by atoms with Crippen LogP contribution in [0.15, 0.2) is 24.3 Å². The fourth-order valence-electron chi connectivity index (χ4n) is 2.59.